The highest BCUT2D eigenvalue weighted by Gasteiger charge is 2.36. The van der Waals surface area contributed by atoms with Crippen molar-refractivity contribution in [2.24, 2.45) is 0 Å². The summed E-state index contributed by atoms with van der Waals surface area (Å²) in [5.41, 5.74) is -1.98. The highest BCUT2D eigenvalue weighted by Crippen LogP contribution is 2.34. The van der Waals surface area contributed by atoms with Crippen LogP contribution in [-0.4, -0.2) is 28.3 Å². The third kappa shape index (κ3) is 3.18. The van der Waals surface area contributed by atoms with Crippen molar-refractivity contribution in [1.82, 2.24) is 10.2 Å². The Morgan fingerprint density at radius 3 is 2.69 bits per heavy atom. The number of ether oxygens (including phenoxy) is 1. The van der Waals surface area contributed by atoms with Crippen molar-refractivity contribution in [3.63, 3.8) is 0 Å². The van der Waals surface area contributed by atoms with Crippen LogP contribution < -0.4 is 15.7 Å². The van der Waals surface area contributed by atoms with Gasteiger partial charge in [0.05, 0.1) is 12.5 Å². The summed E-state index contributed by atoms with van der Waals surface area (Å²) < 4.78 is 47.4. The fraction of sp³-hybridized carbons (Fsp3) is 0.143. The van der Waals surface area contributed by atoms with Gasteiger partial charge < -0.3 is 14.3 Å². The molecule has 0 atom stereocenters. The number of rotatable bonds is 3. The van der Waals surface area contributed by atoms with Gasteiger partial charge in [0.25, 0.3) is 5.91 Å². The van der Waals surface area contributed by atoms with Crippen molar-refractivity contribution in [2.75, 3.05) is 12.4 Å². The van der Waals surface area contributed by atoms with Gasteiger partial charge in [-0.2, -0.15) is 13.2 Å². The summed E-state index contributed by atoms with van der Waals surface area (Å²) in [5.74, 6) is -1.51. The molecule has 12 heteroatoms. The molecule has 0 aliphatic carbocycles. The minimum Gasteiger partial charge on any atom is -0.506 e. The first-order valence-electron chi connectivity index (χ1n) is 6.76. The van der Waals surface area contributed by atoms with Crippen LogP contribution in [0.25, 0.3) is 11.0 Å². The molecule has 136 valence electrons. The van der Waals surface area contributed by atoms with E-state index in [1.807, 2.05) is 5.32 Å². The van der Waals surface area contributed by atoms with E-state index in [2.05, 4.69) is 10.2 Å². The van der Waals surface area contributed by atoms with E-state index in [1.54, 1.807) is 0 Å². The van der Waals surface area contributed by atoms with E-state index < -0.39 is 39.2 Å². The van der Waals surface area contributed by atoms with E-state index in [0.717, 1.165) is 0 Å². The van der Waals surface area contributed by atoms with Crippen LogP contribution in [0, 0.1) is 0 Å². The normalized spacial score (nSPS) is 11.5. The lowest BCUT2D eigenvalue weighted by Gasteiger charge is -2.07. The average Bonchev–Trinajstić information content (AvgIpc) is 3.03. The lowest BCUT2D eigenvalue weighted by molar-refractivity contribution is -0.138. The molecule has 0 saturated carbocycles. The monoisotopic (exact) mass is 387 g/mol. The summed E-state index contributed by atoms with van der Waals surface area (Å²) in [5, 5.41) is 16.5. The molecule has 2 aromatic heterocycles. The van der Waals surface area contributed by atoms with Crippen LogP contribution in [0.15, 0.2) is 27.4 Å². The third-order valence-electron chi connectivity index (χ3n) is 3.20. The molecule has 0 aliphatic rings. The number of methoxy groups -OCH3 is 1. The molecule has 8 nitrogen and oxygen atoms in total. The number of hydrogen-bond acceptors (Lipinski definition) is 8. The Labute approximate surface area is 145 Å². The zero-order valence-corrected chi connectivity index (χ0v) is 13.6. The smallest absolute Gasteiger partial charge is 0.445 e. The molecule has 3 aromatic rings. The molecule has 0 fully saturated rings. The number of fused-ring (bicyclic) bond motifs is 1. The van der Waals surface area contributed by atoms with Crippen LogP contribution in [0.3, 0.4) is 0 Å². The van der Waals surface area contributed by atoms with Crippen LogP contribution in [0.4, 0.5) is 18.3 Å². The topological polar surface area (TPSA) is 115 Å². The van der Waals surface area contributed by atoms with Gasteiger partial charge in [-0.3, -0.25) is 10.1 Å². The van der Waals surface area contributed by atoms with Gasteiger partial charge in [-0.1, -0.05) is 11.3 Å². The summed E-state index contributed by atoms with van der Waals surface area (Å²) in [7, 11) is 1.39. The van der Waals surface area contributed by atoms with Crippen molar-refractivity contribution in [3.8, 4) is 11.5 Å². The van der Waals surface area contributed by atoms with Gasteiger partial charge in [-0.15, -0.1) is 10.2 Å². The van der Waals surface area contributed by atoms with Gasteiger partial charge in [0.2, 0.25) is 10.1 Å². The number of nitrogens with zero attached hydrogens (tertiary/aromatic N) is 2. The molecular formula is C14H8F3N3O5S. The number of halogens is 3. The first-order valence-corrected chi connectivity index (χ1v) is 7.58. The van der Waals surface area contributed by atoms with Crippen LogP contribution in [0.1, 0.15) is 15.4 Å². The standard InChI is InChI=1S/C14H8F3N3O5S/c1-24-5-2-3-6-7(4-5)25-11(23)8(9(6)21)10(22)18-13-20-19-12(26-13)14(15,16)17/h2-4,21H,1H3,(H,18,20,22). The summed E-state index contributed by atoms with van der Waals surface area (Å²) in [6, 6.07) is 4.15. The Bertz CT molecular complexity index is 1060. The summed E-state index contributed by atoms with van der Waals surface area (Å²) >= 11 is 0.0731. The molecule has 0 unspecified atom stereocenters. The molecule has 0 spiro atoms. The van der Waals surface area contributed by atoms with Gasteiger partial charge in [-0.05, 0) is 12.1 Å². The number of carbonyl (C=O) groups is 1. The Morgan fingerprint density at radius 2 is 2.08 bits per heavy atom. The molecule has 3 rings (SSSR count). The largest absolute Gasteiger partial charge is 0.506 e. The number of hydrogen-bond donors (Lipinski definition) is 2. The Balaban J connectivity index is 1.98. The molecule has 0 saturated heterocycles. The highest BCUT2D eigenvalue weighted by atomic mass is 32.1. The average molecular weight is 387 g/mol. The second kappa shape index (κ2) is 6.29. The summed E-state index contributed by atoms with van der Waals surface area (Å²) in [6.07, 6.45) is -4.72. The number of aromatic nitrogens is 2. The lowest BCUT2D eigenvalue weighted by Crippen LogP contribution is -2.21. The second-order valence-corrected chi connectivity index (χ2v) is 5.82. The van der Waals surface area contributed by atoms with Crippen molar-refractivity contribution in [1.29, 1.82) is 0 Å². The van der Waals surface area contributed by atoms with E-state index in [9.17, 15) is 27.9 Å². The zero-order valence-electron chi connectivity index (χ0n) is 12.7. The zero-order chi connectivity index (χ0) is 19.1. The minimum atomic E-state index is -4.72. The molecule has 1 aromatic carbocycles. The highest BCUT2D eigenvalue weighted by molar-refractivity contribution is 7.15. The summed E-state index contributed by atoms with van der Waals surface area (Å²) in [6.45, 7) is 0. The van der Waals surface area contributed by atoms with Crippen molar-refractivity contribution < 1.29 is 32.2 Å². The van der Waals surface area contributed by atoms with Gasteiger partial charge in [0.1, 0.15) is 17.1 Å². The molecule has 1 amide bonds. The number of aromatic hydroxyl groups is 1. The first kappa shape index (κ1) is 17.7. The quantitative estimate of drug-likeness (QED) is 0.664. The number of nitrogens with one attached hydrogen (secondary N) is 1. The molecule has 0 bridgehead atoms. The van der Waals surface area contributed by atoms with Gasteiger partial charge in [0.15, 0.2) is 5.56 Å². The maximum Gasteiger partial charge on any atom is 0.445 e. The molecule has 26 heavy (non-hydrogen) atoms. The Kier molecular flexibility index (Phi) is 4.28. The van der Waals surface area contributed by atoms with E-state index in [4.69, 9.17) is 9.15 Å². The first-order chi connectivity index (χ1) is 12.2. The van der Waals surface area contributed by atoms with Crippen molar-refractivity contribution >= 4 is 33.3 Å². The van der Waals surface area contributed by atoms with Crippen molar-refractivity contribution in [3.05, 3.63) is 39.2 Å². The van der Waals surface area contributed by atoms with E-state index in [-0.39, 0.29) is 22.3 Å². The van der Waals surface area contributed by atoms with Crippen LogP contribution in [0.5, 0.6) is 11.5 Å². The van der Waals surface area contributed by atoms with Gasteiger partial charge >= 0.3 is 11.8 Å². The molecule has 2 N–H and O–H groups in total. The maximum absolute atomic E-state index is 12.5. The number of amides is 1. The van der Waals surface area contributed by atoms with Crippen LogP contribution in [-0.2, 0) is 6.18 Å². The van der Waals surface area contributed by atoms with Crippen LogP contribution >= 0.6 is 11.3 Å². The number of anilines is 1. The maximum atomic E-state index is 12.5. The Morgan fingerprint density at radius 1 is 1.35 bits per heavy atom. The predicted octanol–water partition coefficient (Wildman–Crippen LogP) is 2.63. The molecule has 2 heterocycles. The van der Waals surface area contributed by atoms with Gasteiger partial charge in [-0.25, -0.2) is 4.79 Å². The lowest BCUT2D eigenvalue weighted by atomic mass is 10.1. The second-order valence-electron chi connectivity index (χ2n) is 4.84. The predicted molar refractivity (Wildman–Crippen MR) is 83.6 cm³/mol. The van der Waals surface area contributed by atoms with Crippen molar-refractivity contribution in [2.45, 2.75) is 6.18 Å². The Hall–Kier alpha value is -3.15. The molecular weight excluding hydrogens is 379 g/mol. The molecule has 0 radical (unpaired) electrons. The number of carbonyl (C=O) groups excluding carboxylic acids is 1. The minimum absolute atomic E-state index is 0.0290. The fourth-order valence-electron chi connectivity index (χ4n) is 2.04. The number of alkyl halides is 3. The van der Waals surface area contributed by atoms with E-state index in [0.29, 0.717) is 5.75 Å². The van der Waals surface area contributed by atoms with E-state index >= 15 is 0 Å². The van der Waals surface area contributed by atoms with Gasteiger partial charge in [0, 0.05) is 6.07 Å². The summed E-state index contributed by atoms with van der Waals surface area (Å²) in [4.78, 5) is 24.2. The third-order valence-corrected chi connectivity index (χ3v) is 4.09. The SMILES string of the molecule is COc1ccc2c(O)c(C(=O)Nc3nnc(C(F)(F)F)s3)c(=O)oc2c1. The van der Waals surface area contributed by atoms with E-state index in [1.165, 1.54) is 25.3 Å². The number of benzene rings is 1. The fourth-order valence-corrected chi connectivity index (χ4v) is 2.65. The van der Waals surface area contributed by atoms with Crippen LogP contribution in [0.2, 0.25) is 0 Å². The molecule has 0 aliphatic heterocycles.